The van der Waals surface area contributed by atoms with Crippen LogP contribution >= 0.6 is 11.6 Å². The Kier molecular flexibility index (Phi) is 8.03. The van der Waals surface area contributed by atoms with E-state index >= 15 is 0 Å². The maximum atomic E-state index is 13.4. The third kappa shape index (κ3) is 5.36. The number of carbonyl (C=O) groups is 1. The number of piperidine rings is 1. The van der Waals surface area contributed by atoms with Crippen LogP contribution in [0.3, 0.4) is 0 Å². The van der Waals surface area contributed by atoms with Gasteiger partial charge in [-0.3, -0.25) is 4.79 Å². The molecule has 0 bridgehead atoms. The summed E-state index contributed by atoms with van der Waals surface area (Å²) in [5, 5.41) is 0.499. The topological polar surface area (TPSA) is 76.1 Å². The molecule has 1 unspecified atom stereocenters. The standard InChI is InChI=1S/C23H29ClN2O5S/c1-17-8-6-7-13-26(17)32(28,29)22-16-18(11-12-21(22)30-3)23(27)25(2)14-15-31-20-10-5-4-9-19(20)24/h4-5,9-12,16-17H,6-8,13-15H2,1-3H3. The molecule has 7 nitrogen and oxygen atoms in total. The van der Waals surface area contributed by atoms with E-state index in [2.05, 4.69) is 0 Å². The summed E-state index contributed by atoms with van der Waals surface area (Å²) in [6.07, 6.45) is 2.64. The Balaban J connectivity index is 1.76. The molecule has 1 fully saturated rings. The second-order valence-corrected chi connectivity index (χ2v) is 10.1. The van der Waals surface area contributed by atoms with Crippen LogP contribution in [-0.2, 0) is 10.0 Å². The normalized spacial score (nSPS) is 17.1. The quantitative estimate of drug-likeness (QED) is 0.569. The third-order valence-corrected chi connectivity index (χ3v) is 7.95. The fourth-order valence-electron chi connectivity index (χ4n) is 3.74. The number of rotatable bonds is 8. The van der Waals surface area contributed by atoms with Crippen LogP contribution in [0.15, 0.2) is 47.4 Å². The van der Waals surface area contributed by atoms with Crippen LogP contribution in [0.4, 0.5) is 0 Å². The molecule has 1 heterocycles. The molecule has 1 amide bonds. The molecule has 1 atom stereocenters. The lowest BCUT2D eigenvalue weighted by Crippen LogP contribution is -2.42. The molecule has 174 valence electrons. The number of likely N-dealkylation sites (N-methyl/N-ethyl adjacent to an activating group) is 1. The number of ether oxygens (including phenoxy) is 2. The van der Waals surface area contributed by atoms with Crippen molar-refractivity contribution in [1.29, 1.82) is 0 Å². The molecule has 3 rings (SSSR count). The Hall–Kier alpha value is -2.29. The van der Waals surface area contributed by atoms with Crippen molar-refractivity contribution in [3.05, 3.63) is 53.1 Å². The first-order valence-corrected chi connectivity index (χ1v) is 12.4. The summed E-state index contributed by atoms with van der Waals surface area (Å²) in [5.74, 6) is 0.464. The minimum Gasteiger partial charge on any atom is -0.495 e. The van der Waals surface area contributed by atoms with Gasteiger partial charge in [-0.15, -0.1) is 0 Å². The molecule has 1 saturated heterocycles. The molecule has 9 heteroatoms. The van der Waals surface area contributed by atoms with Gasteiger partial charge < -0.3 is 14.4 Å². The van der Waals surface area contributed by atoms with Gasteiger partial charge in [0, 0.05) is 25.2 Å². The number of hydrogen-bond donors (Lipinski definition) is 0. The van der Waals surface area contributed by atoms with E-state index in [0.29, 0.717) is 23.9 Å². The van der Waals surface area contributed by atoms with Gasteiger partial charge in [0.25, 0.3) is 5.91 Å². The van der Waals surface area contributed by atoms with E-state index in [1.165, 1.54) is 28.4 Å². The number of methoxy groups -OCH3 is 1. The van der Waals surface area contributed by atoms with E-state index in [1.807, 2.05) is 19.1 Å². The van der Waals surface area contributed by atoms with Crippen molar-refractivity contribution in [3.8, 4) is 11.5 Å². The molecule has 0 saturated carbocycles. The highest BCUT2D eigenvalue weighted by atomic mass is 35.5. The fraction of sp³-hybridized carbons (Fsp3) is 0.435. The Morgan fingerprint density at radius 3 is 2.62 bits per heavy atom. The number of hydrogen-bond acceptors (Lipinski definition) is 5. The minimum absolute atomic E-state index is 0.0142. The summed E-state index contributed by atoms with van der Waals surface area (Å²) in [6.45, 7) is 2.93. The summed E-state index contributed by atoms with van der Waals surface area (Å²) in [7, 11) is -0.729. The Morgan fingerprint density at radius 2 is 1.94 bits per heavy atom. The SMILES string of the molecule is COc1ccc(C(=O)N(C)CCOc2ccccc2Cl)cc1S(=O)(=O)N1CCCCC1C. The predicted octanol–water partition coefficient (Wildman–Crippen LogP) is 4.06. The molecule has 2 aromatic rings. The molecule has 1 aliphatic rings. The number of para-hydroxylation sites is 1. The van der Waals surface area contributed by atoms with Gasteiger partial charge in [0.1, 0.15) is 23.0 Å². The van der Waals surface area contributed by atoms with Gasteiger partial charge in [0.2, 0.25) is 10.0 Å². The molecule has 0 spiro atoms. The Morgan fingerprint density at radius 1 is 1.19 bits per heavy atom. The minimum atomic E-state index is -3.80. The fourth-order valence-corrected chi connectivity index (χ4v) is 5.82. The summed E-state index contributed by atoms with van der Waals surface area (Å²) in [5.41, 5.74) is 0.272. The molecular weight excluding hydrogens is 452 g/mol. The second-order valence-electron chi connectivity index (χ2n) is 7.83. The molecule has 0 aliphatic carbocycles. The van der Waals surface area contributed by atoms with Crippen molar-refractivity contribution in [2.75, 3.05) is 33.9 Å². The van der Waals surface area contributed by atoms with E-state index in [4.69, 9.17) is 21.1 Å². The number of sulfonamides is 1. The number of amides is 1. The molecule has 2 aromatic carbocycles. The number of halogens is 1. The zero-order valence-corrected chi connectivity index (χ0v) is 20.2. The van der Waals surface area contributed by atoms with Crippen LogP contribution in [0.1, 0.15) is 36.5 Å². The average molecular weight is 481 g/mol. The zero-order valence-electron chi connectivity index (χ0n) is 18.6. The lowest BCUT2D eigenvalue weighted by molar-refractivity contribution is 0.0773. The third-order valence-electron chi connectivity index (χ3n) is 5.61. The molecule has 0 aromatic heterocycles. The summed E-state index contributed by atoms with van der Waals surface area (Å²) in [4.78, 5) is 14.5. The molecular formula is C23H29ClN2O5S. The van der Waals surface area contributed by atoms with Crippen molar-refractivity contribution in [2.45, 2.75) is 37.1 Å². The second kappa shape index (κ2) is 10.6. The smallest absolute Gasteiger partial charge is 0.253 e. The monoisotopic (exact) mass is 480 g/mol. The first-order valence-electron chi connectivity index (χ1n) is 10.6. The van der Waals surface area contributed by atoms with Crippen LogP contribution < -0.4 is 9.47 Å². The van der Waals surface area contributed by atoms with Crippen LogP contribution in [-0.4, -0.2) is 63.4 Å². The molecule has 0 radical (unpaired) electrons. The van der Waals surface area contributed by atoms with E-state index in [-0.39, 0.29) is 34.8 Å². The molecule has 0 N–H and O–H groups in total. The average Bonchev–Trinajstić information content (AvgIpc) is 2.79. The summed E-state index contributed by atoms with van der Waals surface area (Å²) in [6, 6.07) is 11.5. The maximum Gasteiger partial charge on any atom is 0.253 e. The van der Waals surface area contributed by atoms with Crippen molar-refractivity contribution in [2.24, 2.45) is 0 Å². The van der Waals surface area contributed by atoms with Crippen molar-refractivity contribution in [3.63, 3.8) is 0 Å². The Bertz CT molecular complexity index is 1060. The first-order chi connectivity index (χ1) is 15.3. The van der Waals surface area contributed by atoms with Crippen LogP contribution in [0.25, 0.3) is 0 Å². The van der Waals surface area contributed by atoms with Crippen molar-refractivity contribution in [1.82, 2.24) is 9.21 Å². The van der Waals surface area contributed by atoms with Gasteiger partial charge in [-0.1, -0.05) is 30.2 Å². The van der Waals surface area contributed by atoms with Gasteiger partial charge in [-0.05, 0) is 50.1 Å². The van der Waals surface area contributed by atoms with Gasteiger partial charge >= 0.3 is 0 Å². The van der Waals surface area contributed by atoms with E-state index < -0.39 is 10.0 Å². The predicted molar refractivity (Wildman–Crippen MR) is 124 cm³/mol. The lowest BCUT2D eigenvalue weighted by Gasteiger charge is -2.32. The summed E-state index contributed by atoms with van der Waals surface area (Å²) < 4.78 is 39.2. The maximum absolute atomic E-state index is 13.4. The van der Waals surface area contributed by atoms with Gasteiger partial charge in [0.05, 0.1) is 18.7 Å². The Labute approximate surface area is 194 Å². The van der Waals surface area contributed by atoms with Crippen LogP contribution in [0, 0.1) is 0 Å². The first kappa shape index (κ1) is 24.4. The van der Waals surface area contributed by atoms with Gasteiger partial charge in [-0.25, -0.2) is 8.42 Å². The highest BCUT2D eigenvalue weighted by molar-refractivity contribution is 7.89. The highest BCUT2D eigenvalue weighted by Gasteiger charge is 2.33. The van der Waals surface area contributed by atoms with Crippen molar-refractivity contribution < 1.29 is 22.7 Å². The van der Waals surface area contributed by atoms with Crippen LogP contribution in [0.5, 0.6) is 11.5 Å². The molecule has 32 heavy (non-hydrogen) atoms. The van der Waals surface area contributed by atoms with Crippen molar-refractivity contribution >= 4 is 27.5 Å². The van der Waals surface area contributed by atoms with Crippen LogP contribution in [0.2, 0.25) is 5.02 Å². The number of benzene rings is 2. The van der Waals surface area contributed by atoms with E-state index in [1.54, 1.807) is 25.2 Å². The zero-order chi connectivity index (χ0) is 23.3. The van der Waals surface area contributed by atoms with E-state index in [9.17, 15) is 13.2 Å². The summed E-state index contributed by atoms with van der Waals surface area (Å²) >= 11 is 6.08. The largest absolute Gasteiger partial charge is 0.495 e. The van der Waals surface area contributed by atoms with E-state index in [0.717, 1.165) is 19.3 Å². The number of carbonyl (C=O) groups excluding carboxylic acids is 1. The molecule has 1 aliphatic heterocycles. The van der Waals surface area contributed by atoms with Gasteiger partial charge in [0.15, 0.2) is 0 Å². The lowest BCUT2D eigenvalue weighted by atomic mass is 10.1. The number of nitrogens with zero attached hydrogens (tertiary/aromatic N) is 2. The highest BCUT2D eigenvalue weighted by Crippen LogP contribution is 2.32. The van der Waals surface area contributed by atoms with Gasteiger partial charge in [-0.2, -0.15) is 4.31 Å².